The highest BCUT2D eigenvalue weighted by atomic mass is 16.5. The van der Waals surface area contributed by atoms with Gasteiger partial charge in [0.05, 0.1) is 25.4 Å². The maximum atomic E-state index is 12.4. The van der Waals surface area contributed by atoms with Gasteiger partial charge >= 0.3 is 5.97 Å². The Morgan fingerprint density at radius 1 is 0.444 bits per heavy atom. The zero-order valence-corrected chi connectivity index (χ0v) is 41.8. The van der Waals surface area contributed by atoms with Crippen LogP contribution in [0.25, 0.3) is 0 Å². The van der Waals surface area contributed by atoms with E-state index in [1.807, 2.05) is 6.08 Å². The lowest BCUT2D eigenvalue weighted by Crippen LogP contribution is -2.45. The van der Waals surface area contributed by atoms with Gasteiger partial charge in [-0.2, -0.15) is 0 Å². The molecule has 0 aliphatic carbocycles. The van der Waals surface area contributed by atoms with Crippen molar-refractivity contribution in [1.29, 1.82) is 0 Å². The maximum absolute atomic E-state index is 12.4. The highest BCUT2D eigenvalue weighted by Crippen LogP contribution is 2.16. The van der Waals surface area contributed by atoms with Crippen molar-refractivity contribution in [2.45, 2.75) is 289 Å². The van der Waals surface area contributed by atoms with Gasteiger partial charge in [0.1, 0.15) is 0 Å². The third-order valence-corrected chi connectivity index (χ3v) is 12.3. The van der Waals surface area contributed by atoms with Crippen LogP contribution in [0.1, 0.15) is 277 Å². The summed E-state index contributed by atoms with van der Waals surface area (Å²) in [6.07, 6.45) is 65.7. The zero-order chi connectivity index (χ0) is 45.8. The van der Waals surface area contributed by atoms with Gasteiger partial charge in [0.15, 0.2) is 0 Å². The van der Waals surface area contributed by atoms with Gasteiger partial charge in [-0.3, -0.25) is 9.59 Å². The van der Waals surface area contributed by atoms with Crippen molar-refractivity contribution in [3.8, 4) is 0 Å². The fourth-order valence-electron chi connectivity index (χ4n) is 8.11. The predicted octanol–water partition coefficient (Wildman–Crippen LogP) is 16.6. The van der Waals surface area contributed by atoms with Crippen LogP contribution in [0.4, 0.5) is 0 Å². The monoisotopic (exact) mass is 884 g/mol. The van der Waals surface area contributed by atoms with E-state index in [0.717, 1.165) is 51.4 Å². The van der Waals surface area contributed by atoms with Gasteiger partial charge in [-0.25, -0.2) is 0 Å². The Bertz CT molecular complexity index is 1070. The number of nitrogens with one attached hydrogen (secondary N) is 1. The molecule has 2 atom stereocenters. The number of carbonyl (C=O) groups excluding carboxylic acids is 2. The number of aliphatic hydroxyl groups is 2. The molecule has 0 spiro atoms. The average molecular weight is 884 g/mol. The van der Waals surface area contributed by atoms with E-state index in [1.54, 1.807) is 6.08 Å². The van der Waals surface area contributed by atoms with Crippen LogP contribution in [0, 0.1) is 0 Å². The van der Waals surface area contributed by atoms with Crippen molar-refractivity contribution in [1.82, 2.24) is 5.32 Å². The molecule has 0 heterocycles. The SMILES string of the molecule is CCCCCC/C=C\CCCCCCCC(=O)OCC/C=C\C/C=C\CCCCCCCCCCCCCCCCC(=O)NC(CO)C(O)/C=C/CCCCCCCCCCCC. The number of carbonyl (C=O) groups is 2. The number of amides is 1. The third kappa shape index (κ3) is 49.1. The van der Waals surface area contributed by atoms with E-state index in [-0.39, 0.29) is 18.5 Å². The summed E-state index contributed by atoms with van der Waals surface area (Å²) in [5, 5.41) is 23.0. The molecule has 368 valence electrons. The van der Waals surface area contributed by atoms with Crippen LogP contribution in [0.15, 0.2) is 48.6 Å². The van der Waals surface area contributed by atoms with Crippen LogP contribution in [-0.4, -0.2) is 47.4 Å². The number of allylic oxidation sites excluding steroid dienone is 6. The lowest BCUT2D eigenvalue weighted by molar-refractivity contribution is -0.143. The Morgan fingerprint density at radius 3 is 1.24 bits per heavy atom. The summed E-state index contributed by atoms with van der Waals surface area (Å²) in [7, 11) is 0. The van der Waals surface area contributed by atoms with Gasteiger partial charge in [-0.05, 0) is 77.0 Å². The molecular formula is C57H105NO5. The average Bonchev–Trinajstić information content (AvgIpc) is 3.28. The predicted molar refractivity (Wildman–Crippen MR) is 273 cm³/mol. The van der Waals surface area contributed by atoms with Crippen LogP contribution in [0.3, 0.4) is 0 Å². The van der Waals surface area contributed by atoms with Crippen molar-refractivity contribution in [3.63, 3.8) is 0 Å². The lowest BCUT2D eigenvalue weighted by atomic mass is 10.0. The van der Waals surface area contributed by atoms with Crippen molar-refractivity contribution in [2.75, 3.05) is 13.2 Å². The molecule has 0 saturated carbocycles. The van der Waals surface area contributed by atoms with E-state index < -0.39 is 12.1 Å². The minimum Gasteiger partial charge on any atom is -0.465 e. The summed E-state index contributed by atoms with van der Waals surface area (Å²) >= 11 is 0. The quantitative estimate of drug-likeness (QED) is 0.0321. The number of esters is 1. The molecule has 0 rings (SSSR count). The Kier molecular flexibility index (Phi) is 50.6. The molecule has 1 amide bonds. The van der Waals surface area contributed by atoms with E-state index in [9.17, 15) is 19.8 Å². The van der Waals surface area contributed by atoms with E-state index in [1.165, 1.54) is 199 Å². The minimum atomic E-state index is -0.847. The molecule has 0 saturated heterocycles. The van der Waals surface area contributed by atoms with E-state index in [0.29, 0.717) is 19.4 Å². The number of ether oxygens (including phenoxy) is 1. The molecule has 0 radical (unpaired) electrons. The molecule has 0 aliphatic rings. The van der Waals surface area contributed by atoms with Crippen molar-refractivity contribution < 1.29 is 24.5 Å². The first-order chi connectivity index (χ1) is 31.0. The molecule has 0 aromatic carbocycles. The highest BCUT2D eigenvalue weighted by Gasteiger charge is 2.18. The number of aliphatic hydroxyl groups excluding tert-OH is 2. The highest BCUT2D eigenvalue weighted by molar-refractivity contribution is 5.76. The van der Waals surface area contributed by atoms with Crippen LogP contribution >= 0.6 is 0 Å². The molecule has 6 heteroatoms. The summed E-state index contributed by atoms with van der Waals surface area (Å²) < 4.78 is 5.40. The zero-order valence-electron chi connectivity index (χ0n) is 41.8. The van der Waals surface area contributed by atoms with Gasteiger partial charge in [0, 0.05) is 12.8 Å². The van der Waals surface area contributed by atoms with E-state index >= 15 is 0 Å². The normalized spacial score (nSPS) is 13.0. The van der Waals surface area contributed by atoms with Gasteiger partial charge in [-0.1, -0.05) is 236 Å². The van der Waals surface area contributed by atoms with Gasteiger partial charge in [-0.15, -0.1) is 0 Å². The fraction of sp³-hybridized carbons (Fsp3) is 0.825. The first-order valence-corrected chi connectivity index (χ1v) is 27.4. The Labute approximate surface area is 391 Å². The summed E-state index contributed by atoms with van der Waals surface area (Å²) in [6.45, 7) is 4.76. The smallest absolute Gasteiger partial charge is 0.305 e. The Morgan fingerprint density at radius 2 is 0.794 bits per heavy atom. The van der Waals surface area contributed by atoms with Gasteiger partial charge in [0.2, 0.25) is 5.91 Å². The number of hydrogen-bond donors (Lipinski definition) is 3. The molecule has 0 aromatic rings. The molecule has 0 aliphatic heterocycles. The molecular weight excluding hydrogens is 779 g/mol. The summed E-state index contributed by atoms with van der Waals surface area (Å²) in [5.41, 5.74) is 0. The van der Waals surface area contributed by atoms with Crippen molar-refractivity contribution in [2.24, 2.45) is 0 Å². The second kappa shape index (κ2) is 52.4. The van der Waals surface area contributed by atoms with Gasteiger partial charge in [0.25, 0.3) is 0 Å². The number of unbranched alkanes of at least 4 members (excludes halogenated alkanes) is 33. The summed E-state index contributed by atoms with van der Waals surface area (Å²) in [6, 6.07) is -0.631. The fourth-order valence-corrected chi connectivity index (χ4v) is 8.11. The molecule has 63 heavy (non-hydrogen) atoms. The molecule has 2 unspecified atom stereocenters. The van der Waals surface area contributed by atoms with Crippen molar-refractivity contribution in [3.05, 3.63) is 48.6 Å². The van der Waals surface area contributed by atoms with Gasteiger partial charge < -0.3 is 20.3 Å². The first kappa shape index (κ1) is 60.8. The Balaban J connectivity index is 3.48. The first-order valence-electron chi connectivity index (χ1n) is 27.4. The lowest BCUT2D eigenvalue weighted by Gasteiger charge is -2.20. The largest absolute Gasteiger partial charge is 0.465 e. The standard InChI is InChI=1S/C57H105NO5/c1-3-5-7-9-11-13-15-26-31-35-39-43-47-51-57(62)63-52-48-44-40-36-32-28-25-23-21-19-17-18-20-22-24-27-30-34-38-42-46-50-56(61)58-54(53-59)55(60)49-45-41-37-33-29-16-14-12-10-8-6-4-2/h13,15,28,32,40,44-45,49,54-55,59-60H,3-12,14,16-27,29-31,33-39,41-43,46-48,50-53H2,1-2H3,(H,58,61)/b15-13-,32-28-,44-40-,49-45+. The molecule has 0 fully saturated rings. The van der Waals surface area contributed by atoms with E-state index in [4.69, 9.17) is 4.74 Å². The van der Waals surface area contributed by atoms with Crippen LogP contribution in [-0.2, 0) is 14.3 Å². The molecule has 0 bridgehead atoms. The number of rotatable bonds is 50. The summed E-state index contributed by atoms with van der Waals surface area (Å²) in [5.74, 6) is -0.120. The molecule has 6 nitrogen and oxygen atoms in total. The molecule has 3 N–H and O–H groups in total. The number of hydrogen-bond acceptors (Lipinski definition) is 5. The van der Waals surface area contributed by atoms with Crippen LogP contribution in [0.5, 0.6) is 0 Å². The minimum absolute atomic E-state index is 0.0459. The third-order valence-electron chi connectivity index (χ3n) is 12.3. The topological polar surface area (TPSA) is 95.9 Å². The van der Waals surface area contributed by atoms with Crippen LogP contribution in [0.2, 0.25) is 0 Å². The summed E-state index contributed by atoms with van der Waals surface area (Å²) in [4.78, 5) is 24.4. The Hall–Kier alpha value is -2.18. The second-order valence-electron chi connectivity index (χ2n) is 18.5. The van der Waals surface area contributed by atoms with Crippen molar-refractivity contribution >= 4 is 11.9 Å². The molecule has 0 aromatic heterocycles. The second-order valence-corrected chi connectivity index (χ2v) is 18.5. The van der Waals surface area contributed by atoms with E-state index in [2.05, 4.69) is 55.6 Å². The maximum Gasteiger partial charge on any atom is 0.305 e. The van der Waals surface area contributed by atoms with Crippen LogP contribution < -0.4 is 5.32 Å².